The number of carbonyl (C=O) groups excluding carboxylic acids is 1. The van der Waals surface area contributed by atoms with Crippen molar-refractivity contribution in [1.29, 1.82) is 0 Å². The number of imidazole rings is 1. The zero-order chi connectivity index (χ0) is 29.3. The largest absolute Gasteiger partial charge is 0.458 e. The average Bonchev–Trinajstić information content (AvgIpc) is 3.66. The van der Waals surface area contributed by atoms with E-state index in [1.165, 1.54) is 6.92 Å². The van der Waals surface area contributed by atoms with Gasteiger partial charge >= 0.3 is 0 Å². The first-order valence-corrected chi connectivity index (χ1v) is 13.8. The third-order valence-electron chi connectivity index (χ3n) is 7.28. The van der Waals surface area contributed by atoms with E-state index in [-0.39, 0.29) is 28.8 Å². The van der Waals surface area contributed by atoms with E-state index in [4.69, 9.17) is 19.6 Å². The third kappa shape index (κ3) is 6.57. The van der Waals surface area contributed by atoms with Crippen LogP contribution in [0.25, 0.3) is 11.0 Å². The Hall–Kier alpha value is -4.25. The Bertz CT molecular complexity index is 1610. The van der Waals surface area contributed by atoms with Crippen LogP contribution in [0.4, 0.5) is 11.6 Å². The van der Waals surface area contributed by atoms with Crippen molar-refractivity contribution < 1.29 is 14.3 Å². The number of nitrogens with one attached hydrogen (secondary N) is 2. The highest BCUT2D eigenvalue weighted by Crippen LogP contribution is 2.39. The number of hydrogen-bond donors (Lipinski definition) is 2. The number of carbonyl (C=O) groups is 1. The van der Waals surface area contributed by atoms with Crippen molar-refractivity contribution in [2.24, 2.45) is 18.0 Å². The van der Waals surface area contributed by atoms with E-state index in [2.05, 4.69) is 36.2 Å². The summed E-state index contributed by atoms with van der Waals surface area (Å²) in [5.74, 6) is 2.26. The predicted octanol–water partition coefficient (Wildman–Crippen LogP) is 4.53. The fourth-order valence-electron chi connectivity index (χ4n) is 5.08. The number of benzene rings is 1. The summed E-state index contributed by atoms with van der Waals surface area (Å²) in [7, 11) is 1.88. The number of amides is 1. The number of fused-ring (bicyclic) bond motifs is 1. The molecule has 2 fully saturated rings. The van der Waals surface area contributed by atoms with E-state index in [9.17, 15) is 9.59 Å². The number of ether oxygens (including phenoxy) is 2. The SMILES string of the molecule is C=N/C(=C\C(=C/C)Oc1ccc2nc(Nc3cc(C4CC4)nn(C[C@@H]4COC(C)(C)C4)c3=O)n(C)c2c1)NC(C)=O. The van der Waals surface area contributed by atoms with Gasteiger partial charge in [0.2, 0.25) is 11.9 Å². The summed E-state index contributed by atoms with van der Waals surface area (Å²) in [6.45, 7) is 12.0. The lowest BCUT2D eigenvalue weighted by atomic mass is 9.98. The fraction of sp³-hybridized carbons (Fsp3) is 0.433. The van der Waals surface area contributed by atoms with Crippen LogP contribution in [-0.2, 0) is 23.1 Å². The summed E-state index contributed by atoms with van der Waals surface area (Å²) >= 11 is 0. The Kier molecular flexibility index (Phi) is 7.81. The lowest BCUT2D eigenvalue weighted by Gasteiger charge is -2.16. The maximum absolute atomic E-state index is 13.5. The van der Waals surface area contributed by atoms with Gasteiger partial charge in [0.1, 0.15) is 23.0 Å². The molecule has 1 aromatic carbocycles. The minimum absolute atomic E-state index is 0.175. The highest BCUT2D eigenvalue weighted by Gasteiger charge is 2.33. The molecule has 1 aliphatic carbocycles. The standard InChI is InChI=1S/C30H37N7O4/c1-7-21(13-27(31-5)32-18(2)38)41-22-10-11-23-26(12-22)36(6)29(33-23)34-25-14-24(20-8-9-20)35-37(28(25)39)16-19-15-30(3,4)40-17-19/h7,10-14,19-20H,5,8-9,15-17H2,1-4,6H3,(H,32,38)(H,33,34)/b21-7+,27-13+/t19-/m1/s1. The molecule has 11 heteroatoms. The summed E-state index contributed by atoms with van der Waals surface area (Å²) in [6, 6.07) is 7.40. The number of anilines is 2. The second-order valence-electron chi connectivity index (χ2n) is 11.3. The van der Waals surface area contributed by atoms with Crippen molar-refractivity contribution in [2.75, 3.05) is 11.9 Å². The Morgan fingerprint density at radius 3 is 2.73 bits per heavy atom. The average molecular weight is 560 g/mol. The quantitative estimate of drug-likeness (QED) is 0.212. The van der Waals surface area contributed by atoms with Crippen LogP contribution in [0.5, 0.6) is 5.75 Å². The third-order valence-corrected chi connectivity index (χ3v) is 7.28. The van der Waals surface area contributed by atoms with E-state index in [1.54, 1.807) is 16.8 Å². The number of hydrogen-bond acceptors (Lipinski definition) is 8. The summed E-state index contributed by atoms with van der Waals surface area (Å²) in [6.07, 6.45) is 6.41. The molecule has 3 heterocycles. The molecule has 11 nitrogen and oxygen atoms in total. The van der Waals surface area contributed by atoms with Crippen molar-refractivity contribution in [3.63, 3.8) is 0 Å². The molecule has 1 amide bonds. The number of aromatic nitrogens is 4. The maximum Gasteiger partial charge on any atom is 0.290 e. The van der Waals surface area contributed by atoms with Crippen molar-refractivity contribution in [2.45, 2.75) is 65.0 Å². The molecule has 0 unspecified atom stereocenters. The van der Waals surface area contributed by atoms with E-state index < -0.39 is 0 Å². The number of aryl methyl sites for hydroxylation is 1. The fourth-order valence-corrected chi connectivity index (χ4v) is 5.08. The lowest BCUT2D eigenvalue weighted by molar-refractivity contribution is -0.118. The van der Waals surface area contributed by atoms with Gasteiger partial charge in [0.25, 0.3) is 5.56 Å². The van der Waals surface area contributed by atoms with Gasteiger partial charge < -0.3 is 24.7 Å². The Balaban J connectivity index is 1.40. The molecule has 41 heavy (non-hydrogen) atoms. The van der Waals surface area contributed by atoms with E-state index >= 15 is 0 Å². The molecule has 3 aromatic rings. The van der Waals surface area contributed by atoms with Gasteiger partial charge in [0.05, 0.1) is 35.5 Å². The zero-order valence-electron chi connectivity index (χ0n) is 24.2. The van der Waals surface area contributed by atoms with Gasteiger partial charge in [-0.15, -0.1) is 0 Å². The van der Waals surface area contributed by atoms with Crippen LogP contribution in [0.1, 0.15) is 58.6 Å². The van der Waals surface area contributed by atoms with Crippen LogP contribution in [0, 0.1) is 5.92 Å². The first-order valence-electron chi connectivity index (χ1n) is 13.8. The first kappa shape index (κ1) is 28.3. The van der Waals surface area contributed by atoms with Crippen molar-refractivity contribution in [3.8, 4) is 5.75 Å². The minimum Gasteiger partial charge on any atom is -0.458 e. The number of allylic oxidation sites excluding steroid dienone is 2. The molecule has 2 N–H and O–H groups in total. The summed E-state index contributed by atoms with van der Waals surface area (Å²) in [5.41, 5.74) is 2.59. The normalized spacial score (nSPS) is 18.9. The van der Waals surface area contributed by atoms with Crippen molar-refractivity contribution in [1.82, 2.24) is 24.6 Å². The van der Waals surface area contributed by atoms with Gasteiger partial charge in [-0.1, -0.05) is 0 Å². The molecular weight excluding hydrogens is 522 g/mol. The van der Waals surface area contributed by atoms with E-state index in [0.29, 0.717) is 42.2 Å². The van der Waals surface area contributed by atoms with Crippen molar-refractivity contribution >= 4 is 35.3 Å². The molecule has 0 bridgehead atoms. The van der Waals surface area contributed by atoms with Crippen LogP contribution in [0.3, 0.4) is 0 Å². The molecule has 216 valence electrons. The molecule has 2 aliphatic rings. The van der Waals surface area contributed by atoms with Crippen LogP contribution >= 0.6 is 0 Å². The van der Waals surface area contributed by atoms with Gasteiger partial charge in [0.15, 0.2) is 0 Å². The highest BCUT2D eigenvalue weighted by molar-refractivity contribution is 5.81. The van der Waals surface area contributed by atoms with Gasteiger partial charge in [-0.05, 0) is 71.0 Å². The molecule has 1 atom stereocenters. The number of nitrogens with zero attached hydrogens (tertiary/aromatic N) is 5. The maximum atomic E-state index is 13.5. The van der Waals surface area contributed by atoms with Crippen molar-refractivity contribution in [3.05, 3.63) is 64.0 Å². The molecule has 1 saturated carbocycles. The van der Waals surface area contributed by atoms with E-state index in [1.807, 2.05) is 42.8 Å². The highest BCUT2D eigenvalue weighted by atomic mass is 16.5. The van der Waals surface area contributed by atoms with Gasteiger partial charge in [-0.25, -0.2) is 14.7 Å². The summed E-state index contributed by atoms with van der Waals surface area (Å²) in [4.78, 5) is 33.5. The van der Waals surface area contributed by atoms with Gasteiger partial charge in [-0.2, -0.15) is 5.10 Å². The number of aliphatic imine (C=N–C) groups is 1. The summed E-state index contributed by atoms with van der Waals surface area (Å²) < 4.78 is 15.4. The molecule has 1 saturated heterocycles. The Labute approximate surface area is 239 Å². The monoisotopic (exact) mass is 559 g/mol. The second kappa shape index (κ2) is 11.3. The zero-order valence-corrected chi connectivity index (χ0v) is 24.2. The van der Waals surface area contributed by atoms with Gasteiger partial charge in [0, 0.05) is 37.9 Å². The molecule has 2 aromatic heterocycles. The second-order valence-corrected chi connectivity index (χ2v) is 11.3. The Morgan fingerprint density at radius 2 is 2.10 bits per heavy atom. The first-order chi connectivity index (χ1) is 19.5. The van der Waals surface area contributed by atoms with Crippen LogP contribution in [0.2, 0.25) is 0 Å². The summed E-state index contributed by atoms with van der Waals surface area (Å²) in [5, 5.41) is 10.6. The van der Waals surface area contributed by atoms with E-state index in [0.717, 1.165) is 36.0 Å². The topological polar surface area (TPSA) is 125 Å². The molecular formula is C30H37N7O4. The van der Waals surface area contributed by atoms with Gasteiger partial charge in [-0.3, -0.25) is 9.59 Å². The van der Waals surface area contributed by atoms with Crippen LogP contribution < -0.4 is 20.9 Å². The molecule has 0 spiro atoms. The lowest BCUT2D eigenvalue weighted by Crippen LogP contribution is -2.30. The number of rotatable bonds is 10. The molecule has 1 aliphatic heterocycles. The molecule has 0 radical (unpaired) electrons. The van der Waals surface area contributed by atoms with Crippen LogP contribution in [0.15, 0.2) is 57.8 Å². The smallest absolute Gasteiger partial charge is 0.290 e. The minimum atomic E-state index is -0.253. The van der Waals surface area contributed by atoms with Crippen LogP contribution in [-0.4, -0.2) is 44.2 Å². The Morgan fingerprint density at radius 1 is 1.32 bits per heavy atom. The predicted molar refractivity (Wildman–Crippen MR) is 158 cm³/mol. The molecule has 5 rings (SSSR count).